The Bertz CT molecular complexity index is 267. The molecule has 0 aliphatic heterocycles. The Labute approximate surface area is 74.2 Å². The Balaban J connectivity index is 2.95. The van der Waals surface area contributed by atoms with Gasteiger partial charge in [-0.1, -0.05) is 19.9 Å². The molecule has 0 saturated carbocycles. The summed E-state index contributed by atoms with van der Waals surface area (Å²) in [5, 5.41) is 0. The van der Waals surface area contributed by atoms with Crippen LogP contribution in [0.3, 0.4) is 0 Å². The first-order valence-electron chi connectivity index (χ1n) is 4.44. The fraction of sp³-hybridized carbons (Fsp3) is 0.545. The molecule has 0 spiro atoms. The molecule has 0 unspecified atom stereocenters. The highest BCUT2D eigenvalue weighted by atomic mass is 16.1. The van der Waals surface area contributed by atoms with Gasteiger partial charge in [-0.25, -0.2) is 0 Å². The van der Waals surface area contributed by atoms with E-state index in [4.69, 9.17) is 0 Å². The van der Waals surface area contributed by atoms with Gasteiger partial charge in [0, 0.05) is 6.42 Å². The molecule has 0 heterocycles. The summed E-state index contributed by atoms with van der Waals surface area (Å²) in [6.45, 7) is 8.23. The number of allylic oxidation sites excluding steroid dienone is 4. The highest BCUT2D eigenvalue weighted by Gasteiger charge is 2.20. The lowest BCUT2D eigenvalue weighted by Gasteiger charge is -2.00. The van der Waals surface area contributed by atoms with Gasteiger partial charge in [-0.3, -0.25) is 4.79 Å². The third-order valence-electron chi connectivity index (χ3n) is 2.35. The number of rotatable bonds is 1. The van der Waals surface area contributed by atoms with Crippen molar-refractivity contribution in [3.63, 3.8) is 0 Å². The topological polar surface area (TPSA) is 17.1 Å². The normalized spacial score (nSPS) is 21.8. The van der Waals surface area contributed by atoms with Crippen LogP contribution in [0.2, 0.25) is 0 Å². The summed E-state index contributed by atoms with van der Waals surface area (Å²) < 4.78 is 0. The van der Waals surface area contributed by atoms with Crippen LogP contribution in [0.1, 0.15) is 34.1 Å². The van der Waals surface area contributed by atoms with E-state index in [1.807, 2.05) is 13.8 Å². The van der Waals surface area contributed by atoms with E-state index in [0.717, 1.165) is 5.57 Å². The minimum atomic E-state index is 0.291. The molecule has 0 radical (unpaired) electrons. The molecular weight excluding hydrogens is 148 g/mol. The molecule has 0 aromatic rings. The van der Waals surface area contributed by atoms with Crippen molar-refractivity contribution in [2.45, 2.75) is 34.1 Å². The van der Waals surface area contributed by atoms with Crippen molar-refractivity contribution in [1.82, 2.24) is 0 Å². The first kappa shape index (κ1) is 9.24. The number of carbonyl (C=O) groups excluding carboxylic acids is 1. The number of carbonyl (C=O) groups is 1. The molecular formula is C11H16O. The van der Waals surface area contributed by atoms with E-state index in [2.05, 4.69) is 19.9 Å². The Morgan fingerprint density at radius 3 is 2.17 bits per heavy atom. The first-order valence-corrected chi connectivity index (χ1v) is 4.44. The van der Waals surface area contributed by atoms with E-state index in [1.54, 1.807) is 0 Å². The molecule has 1 rings (SSSR count). The molecule has 0 N–H and O–H groups in total. The average Bonchev–Trinajstić information content (AvgIpc) is 2.17. The summed E-state index contributed by atoms with van der Waals surface area (Å²) in [5.41, 5.74) is 3.36. The van der Waals surface area contributed by atoms with E-state index in [-0.39, 0.29) is 0 Å². The number of hydrogen-bond donors (Lipinski definition) is 0. The quantitative estimate of drug-likeness (QED) is 0.582. The number of Topliss-reactive ketones (excluding diaryl/α,β-unsaturated/α-hetero) is 1. The van der Waals surface area contributed by atoms with Gasteiger partial charge in [-0.15, -0.1) is 0 Å². The van der Waals surface area contributed by atoms with Gasteiger partial charge in [0.1, 0.15) is 0 Å². The van der Waals surface area contributed by atoms with Crippen molar-refractivity contribution in [3.8, 4) is 0 Å². The molecule has 0 saturated heterocycles. The van der Waals surface area contributed by atoms with Gasteiger partial charge in [0.2, 0.25) is 0 Å². The first-order chi connectivity index (χ1) is 5.52. The fourth-order valence-corrected chi connectivity index (χ4v) is 1.47. The molecule has 0 fully saturated rings. The molecule has 66 valence electrons. The van der Waals surface area contributed by atoms with Gasteiger partial charge in [-0.2, -0.15) is 0 Å². The van der Waals surface area contributed by atoms with Crippen molar-refractivity contribution in [2.24, 2.45) is 5.92 Å². The fourth-order valence-electron chi connectivity index (χ4n) is 1.47. The van der Waals surface area contributed by atoms with Crippen LogP contribution in [0.5, 0.6) is 0 Å². The molecule has 0 bridgehead atoms. The van der Waals surface area contributed by atoms with E-state index in [1.165, 1.54) is 11.1 Å². The molecule has 1 nitrogen and oxygen atoms in total. The maximum atomic E-state index is 11.3. The van der Waals surface area contributed by atoms with Crippen molar-refractivity contribution in [1.29, 1.82) is 0 Å². The molecule has 1 heteroatoms. The minimum absolute atomic E-state index is 0.291. The predicted octanol–water partition coefficient (Wildman–Crippen LogP) is 2.88. The Kier molecular flexibility index (Phi) is 2.51. The second-order valence-corrected chi connectivity index (χ2v) is 3.79. The largest absolute Gasteiger partial charge is 0.294 e. The van der Waals surface area contributed by atoms with Crippen LogP contribution >= 0.6 is 0 Å². The Hall–Kier alpha value is -0.850. The van der Waals surface area contributed by atoms with Crippen molar-refractivity contribution in [3.05, 3.63) is 22.8 Å². The molecule has 1 aliphatic carbocycles. The van der Waals surface area contributed by atoms with E-state index < -0.39 is 0 Å². The van der Waals surface area contributed by atoms with Gasteiger partial charge in [0.25, 0.3) is 0 Å². The van der Waals surface area contributed by atoms with Crippen LogP contribution in [0.25, 0.3) is 0 Å². The average molecular weight is 164 g/mol. The summed E-state index contributed by atoms with van der Waals surface area (Å²) in [6, 6.07) is 0. The van der Waals surface area contributed by atoms with Crippen LogP contribution in [-0.2, 0) is 4.79 Å². The van der Waals surface area contributed by atoms with Gasteiger partial charge < -0.3 is 0 Å². The Morgan fingerprint density at radius 1 is 1.25 bits per heavy atom. The molecule has 0 amide bonds. The second kappa shape index (κ2) is 3.26. The summed E-state index contributed by atoms with van der Waals surface area (Å²) in [5.74, 6) is 0.827. The lowest BCUT2D eigenvalue weighted by Crippen LogP contribution is -1.91. The highest BCUT2D eigenvalue weighted by molar-refractivity contribution is 6.01. The van der Waals surface area contributed by atoms with Gasteiger partial charge in [-0.05, 0) is 36.5 Å². The van der Waals surface area contributed by atoms with E-state index in [9.17, 15) is 4.79 Å². The van der Waals surface area contributed by atoms with Crippen molar-refractivity contribution < 1.29 is 4.79 Å². The lowest BCUT2D eigenvalue weighted by molar-refractivity contribution is -0.114. The SMILES string of the molecule is CC1=C(C)/C(=C\C(C)C)CC1=O. The summed E-state index contributed by atoms with van der Waals surface area (Å²) >= 11 is 0. The third-order valence-corrected chi connectivity index (χ3v) is 2.35. The molecule has 1 aliphatic rings. The number of hydrogen-bond acceptors (Lipinski definition) is 1. The molecule has 0 aromatic carbocycles. The minimum Gasteiger partial charge on any atom is -0.294 e. The van der Waals surface area contributed by atoms with Crippen molar-refractivity contribution in [2.75, 3.05) is 0 Å². The van der Waals surface area contributed by atoms with Crippen LogP contribution in [0.15, 0.2) is 22.8 Å². The monoisotopic (exact) mass is 164 g/mol. The van der Waals surface area contributed by atoms with Crippen LogP contribution in [0, 0.1) is 5.92 Å². The zero-order valence-corrected chi connectivity index (χ0v) is 8.27. The zero-order valence-electron chi connectivity index (χ0n) is 8.27. The molecule has 0 atom stereocenters. The smallest absolute Gasteiger partial charge is 0.163 e. The second-order valence-electron chi connectivity index (χ2n) is 3.79. The number of ketones is 1. The summed E-state index contributed by atoms with van der Waals surface area (Å²) in [7, 11) is 0. The predicted molar refractivity (Wildman–Crippen MR) is 50.9 cm³/mol. The lowest BCUT2D eigenvalue weighted by atomic mass is 10.0. The van der Waals surface area contributed by atoms with Gasteiger partial charge in [0.05, 0.1) is 0 Å². The molecule has 0 aromatic heterocycles. The Morgan fingerprint density at radius 2 is 1.83 bits per heavy atom. The van der Waals surface area contributed by atoms with Crippen molar-refractivity contribution >= 4 is 5.78 Å². The van der Waals surface area contributed by atoms with Crippen LogP contribution in [0.4, 0.5) is 0 Å². The highest BCUT2D eigenvalue weighted by Crippen LogP contribution is 2.28. The van der Waals surface area contributed by atoms with Gasteiger partial charge in [0.15, 0.2) is 5.78 Å². The molecule has 12 heavy (non-hydrogen) atoms. The third kappa shape index (κ3) is 1.66. The summed E-state index contributed by atoms with van der Waals surface area (Å²) in [4.78, 5) is 11.3. The van der Waals surface area contributed by atoms with Crippen LogP contribution in [-0.4, -0.2) is 5.78 Å². The van der Waals surface area contributed by atoms with Crippen LogP contribution < -0.4 is 0 Å². The van der Waals surface area contributed by atoms with Gasteiger partial charge >= 0.3 is 0 Å². The van der Waals surface area contributed by atoms with E-state index in [0.29, 0.717) is 18.1 Å². The zero-order chi connectivity index (χ0) is 9.30. The van der Waals surface area contributed by atoms with E-state index >= 15 is 0 Å². The maximum absolute atomic E-state index is 11.3. The standard InChI is InChI=1S/C11H16O/c1-7(2)5-10-6-11(12)9(4)8(10)3/h5,7H,6H2,1-4H3/b10-5-. The maximum Gasteiger partial charge on any atom is 0.163 e. The summed E-state index contributed by atoms with van der Waals surface area (Å²) in [6.07, 6.45) is 2.81.